The Morgan fingerprint density at radius 2 is 2.17 bits per heavy atom. The molecule has 1 aromatic carbocycles. The van der Waals surface area contributed by atoms with E-state index in [1.54, 1.807) is 30.4 Å². The molecule has 0 saturated carbocycles. The van der Waals surface area contributed by atoms with Gasteiger partial charge in [-0.15, -0.1) is 11.3 Å². The predicted octanol–water partition coefficient (Wildman–Crippen LogP) is 3.22. The van der Waals surface area contributed by atoms with Gasteiger partial charge in [0.05, 0.1) is 30.2 Å². The Bertz CT molecular complexity index is 1410. The number of aromatic nitrogens is 5. The van der Waals surface area contributed by atoms with Crippen molar-refractivity contribution >= 4 is 28.9 Å². The summed E-state index contributed by atoms with van der Waals surface area (Å²) >= 11 is 1.48. The first kappa shape index (κ1) is 22.8. The number of rotatable bonds is 6. The van der Waals surface area contributed by atoms with Gasteiger partial charge in [-0.05, 0) is 24.1 Å². The van der Waals surface area contributed by atoms with Crippen molar-refractivity contribution in [2.45, 2.75) is 24.5 Å². The van der Waals surface area contributed by atoms with E-state index < -0.39 is 5.60 Å². The molecule has 5 heterocycles. The van der Waals surface area contributed by atoms with Crippen molar-refractivity contribution in [3.8, 4) is 22.0 Å². The van der Waals surface area contributed by atoms with Gasteiger partial charge in [-0.2, -0.15) is 5.10 Å². The topological polar surface area (TPSA) is 118 Å². The van der Waals surface area contributed by atoms with E-state index in [1.807, 2.05) is 40.5 Å². The highest BCUT2D eigenvalue weighted by Gasteiger charge is 2.45. The first-order valence-electron chi connectivity index (χ1n) is 11.8. The molecule has 3 aromatic heterocycles. The van der Waals surface area contributed by atoms with Gasteiger partial charge in [-0.1, -0.05) is 18.2 Å². The molecule has 2 N–H and O–H groups in total. The van der Waals surface area contributed by atoms with Gasteiger partial charge in [-0.3, -0.25) is 9.48 Å². The number of carbonyl (C=O) groups is 1. The Morgan fingerprint density at radius 3 is 2.97 bits per heavy atom. The van der Waals surface area contributed by atoms with Crippen LogP contribution in [0, 0.1) is 0 Å². The second-order valence-electron chi connectivity index (χ2n) is 9.07. The Morgan fingerprint density at radius 1 is 1.25 bits per heavy atom. The molecule has 0 bridgehead atoms. The van der Waals surface area contributed by atoms with Crippen LogP contribution in [-0.2, 0) is 15.1 Å². The molecule has 2 aliphatic heterocycles. The lowest BCUT2D eigenvalue weighted by atomic mass is 9.91. The summed E-state index contributed by atoms with van der Waals surface area (Å²) in [6.45, 7) is 1.96. The quantitative estimate of drug-likeness (QED) is 0.412. The lowest BCUT2D eigenvalue weighted by Gasteiger charge is -2.21. The van der Waals surface area contributed by atoms with Crippen LogP contribution in [0.15, 0.2) is 54.3 Å². The number of benzene rings is 1. The minimum atomic E-state index is -1.49. The molecule has 36 heavy (non-hydrogen) atoms. The van der Waals surface area contributed by atoms with Crippen molar-refractivity contribution in [2.24, 2.45) is 0 Å². The normalized spacial score (nSPS) is 21.9. The summed E-state index contributed by atoms with van der Waals surface area (Å²) in [5.74, 6) is 0.181. The minimum absolute atomic E-state index is 0.258. The predicted molar refractivity (Wildman–Crippen MR) is 135 cm³/mol. The van der Waals surface area contributed by atoms with Crippen molar-refractivity contribution in [3.05, 3.63) is 59.9 Å². The molecular formula is C25H25N7O3S. The third-order valence-corrected chi connectivity index (χ3v) is 7.55. The smallest absolute Gasteiger partial charge is 0.258 e. The van der Waals surface area contributed by atoms with Crippen molar-refractivity contribution < 1.29 is 14.6 Å². The number of anilines is 2. The van der Waals surface area contributed by atoms with Crippen molar-refractivity contribution in [3.63, 3.8) is 0 Å². The molecule has 4 aromatic rings. The summed E-state index contributed by atoms with van der Waals surface area (Å²) in [6, 6.07) is 9.49. The number of ether oxygens (including phenoxy) is 1. The summed E-state index contributed by atoms with van der Waals surface area (Å²) in [5, 5.41) is 21.4. The van der Waals surface area contributed by atoms with Crippen molar-refractivity contribution in [1.82, 2.24) is 29.6 Å². The molecule has 0 radical (unpaired) electrons. The minimum Gasteiger partial charge on any atom is -0.379 e. The second kappa shape index (κ2) is 9.08. The Labute approximate surface area is 211 Å². The zero-order chi connectivity index (χ0) is 24.7. The Hall–Kier alpha value is -3.67. The summed E-state index contributed by atoms with van der Waals surface area (Å²) in [5.41, 5.74) is 2.16. The SMILES string of the molecule is CN1CCC(O)(c2cccc(-c3nc(-c4ccnc(Nc5cnn(C6CCOC6)c5)n4)cs3)c2)C1=O. The molecule has 2 fully saturated rings. The maximum Gasteiger partial charge on any atom is 0.258 e. The molecule has 2 aliphatic rings. The van der Waals surface area contributed by atoms with E-state index in [1.165, 1.54) is 11.3 Å². The molecule has 10 nitrogen and oxygen atoms in total. The van der Waals surface area contributed by atoms with E-state index in [4.69, 9.17) is 9.72 Å². The van der Waals surface area contributed by atoms with Crippen LogP contribution in [-0.4, -0.2) is 67.5 Å². The number of likely N-dealkylation sites (N-methyl/N-ethyl adjacent to an activating group) is 1. The van der Waals surface area contributed by atoms with Gasteiger partial charge in [0.1, 0.15) is 10.7 Å². The summed E-state index contributed by atoms with van der Waals surface area (Å²) in [4.78, 5) is 27.8. The average Bonchev–Trinajstić information content (AvgIpc) is 3.71. The Kier molecular flexibility index (Phi) is 5.75. The van der Waals surface area contributed by atoms with E-state index in [0.29, 0.717) is 36.8 Å². The second-order valence-corrected chi connectivity index (χ2v) is 9.93. The fourth-order valence-electron chi connectivity index (χ4n) is 4.58. The van der Waals surface area contributed by atoms with E-state index in [2.05, 4.69) is 20.4 Å². The van der Waals surface area contributed by atoms with Crippen LogP contribution in [0.3, 0.4) is 0 Å². The number of hydrogen-bond donors (Lipinski definition) is 2. The highest BCUT2D eigenvalue weighted by Crippen LogP contribution is 2.36. The van der Waals surface area contributed by atoms with Crippen LogP contribution >= 0.6 is 11.3 Å². The molecule has 0 spiro atoms. The fourth-order valence-corrected chi connectivity index (χ4v) is 5.39. The lowest BCUT2D eigenvalue weighted by Crippen LogP contribution is -2.36. The van der Waals surface area contributed by atoms with Gasteiger partial charge in [0.2, 0.25) is 5.95 Å². The Balaban J connectivity index is 1.21. The van der Waals surface area contributed by atoms with E-state index in [-0.39, 0.29) is 11.9 Å². The summed E-state index contributed by atoms with van der Waals surface area (Å²) in [7, 11) is 1.71. The number of hydrogen-bond acceptors (Lipinski definition) is 9. The van der Waals surface area contributed by atoms with Gasteiger partial charge in [0.15, 0.2) is 5.60 Å². The van der Waals surface area contributed by atoms with E-state index in [0.717, 1.165) is 35.0 Å². The maximum atomic E-state index is 12.5. The number of amides is 1. The molecule has 2 saturated heterocycles. The van der Waals surface area contributed by atoms with Crippen LogP contribution in [0.4, 0.5) is 11.6 Å². The molecule has 2 atom stereocenters. The van der Waals surface area contributed by atoms with E-state index >= 15 is 0 Å². The van der Waals surface area contributed by atoms with Crippen molar-refractivity contribution in [1.29, 1.82) is 0 Å². The largest absolute Gasteiger partial charge is 0.379 e. The lowest BCUT2D eigenvalue weighted by molar-refractivity contribution is -0.143. The maximum absolute atomic E-state index is 12.5. The molecule has 2 unspecified atom stereocenters. The van der Waals surface area contributed by atoms with Gasteiger partial charge < -0.3 is 20.1 Å². The number of likely N-dealkylation sites (tertiary alicyclic amines) is 1. The number of aliphatic hydroxyl groups is 1. The van der Waals surface area contributed by atoms with Gasteiger partial charge in [0.25, 0.3) is 5.91 Å². The molecule has 0 aliphatic carbocycles. The zero-order valence-corrected chi connectivity index (χ0v) is 20.5. The standard InChI is InChI=1S/C25H25N7O3S/c1-31-9-7-25(34,23(31)33)17-4-2-3-16(11-17)22-29-21(15-36-22)20-5-8-26-24(30-20)28-18-12-27-32(13-18)19-6-10-35-14-19/h2-5,8,11-13,15,19,34H,6-7,9-10,14H2,1H3,(H,26,28,30). The van der Waals surface area contributed by atoms with Gasteiger partial charge >= 0.3 is 0 Å². The first-order valence-corrected chi connectivity index (χ1v) is 12.6. The van der Waals surface area contributed by atoms with E-state index in [9.17, 15) is 9.90 Å². The number of nitrogens with zero attached hydrogens (tertiary/aromatic N) is 6. The fraction of sp³-hybridized carbons (Fsp3) is 0.320. The number of carbonyl (C=O) groups excluding carboxylic acids is 1. The first-order chi connectivity index (χ1) is 17.5. The average molecular weight is 504 g/mol. The third kappa shape index (κ3) is 4.15. The van der Waals surface area contributed by atoms with Crippen LogP contribution in [0.5, 0.6) is 0 Å². The molecule has 11 heteroatoms. The monoisotopic (exact) mass is 503 g/mol. The van der Waals surface area contributed by atoms with Crippen molar-refractivity contribution in [2.75, 3.05) is 32.1 Å². The third-order valence-electron chi connectivity index (χ3n) is 6.66. The van der Waals surface area contributed by atoms with Gasteiger partial charge in [-0.25, -0.2) is 15.0 Å². The number of thiazole rings is 1. The summed E-state index contributed by atoms with van der Waals surface area (Å²) in [6.07, 6.45) is 6.71. The molecular weight excluding hydrogens is 478 g/mol. The summed E-state index contributed by atoms with van der Waals surface area (Å²) < 4.78 is 7.35. The van der Waals surface area contributed by atoms with Crippen LogP contribution in [0.1, 0.15) is 24.4 Å². The molecule has 184 valence electrons. The highest BCUT2D eigenvalue weighted by molar-refractivity contribution is 7.13. The molecule has 1 amide bonds. The van der Waals surface area contributed by atoms with Gasteiger partial charge in [0, 0.05) is 50.0 Å². The molecule has 6 rings (SSSR count). The number of nitrogens with one attached hydrogen (secondary N) is 1. The highest BCUT2D eigenvalue weighted by atomic mass is 32.1. The zero-order valence-electron chi connectivity index (χ0n) is 19.7. The van der Waals surface area contributed by atoms with Crippen LogP contribution in [0.2, 0.25) is 0 Å². The van der Waals surface area contributed by atoms with Crippen LogP contribution < -0.4 is 5.32 Å². The van der Waals surface area contributed by atoms with Crippen LogP contribution in [0.25, 0.3) is 22.0 Å².